The van der Waals surface area contributed by atoms with E-state index in [1.54, 1.807) is 0 Å². The zero-order chi connectivity index (χ0) is 13.1. The second kappa shape index (κ2) is 5.28. The van der Waals surface area contributed by atoms with Gasteiger partial charge in [0.1, 0.15) is 6.07 Å². The predicted molar refractivity (Wildman–Crippen MR) is 72.9 cm³/mol. The van der Waals surface area contributed by atoms with E-state index in [-0.39, 0.29) is 12.2 Å². The van der Waals surface area contributed by atoms with Gasteiger partial charge in [0.25, 0.3) is 0 Å². The lowest BCUT2D eigenvalue weighted by Crippen LogP contribution is -2.45. The van der Waals surface area contributed by atoms with Crippen LogP contribution in [0.4, 0.5) is 11.4 Å². The molecule has 2 unspecified atom stereocenters. The number of nitrogens with zero attached hydrogens (tertiary/aromatic N) is 2. The van der Waals surface area contributed by atoms with Crippen molar-refractivity contribution in [1.82, 2.24) is 0 Å². The predicted octanol–water partition coefficient (Wildman–Crippen LogP) is 2.21. The Morgan fingerprint density at radius 1 is 1.33 bits per heavy atom. The normalized spacial score (nSPS) is 23.6. The zero-order valence-electron chi connectivity index (χ0n) is 11.1. The molecule has 0 bridgehead atoms. The SMILES string of the molecule is CNc1ccc(N2CC(C)OC(C)C2)c(C#N)c1. The summed E-state index contributed by atoms with van der Waals surface area (Å²) in [5.74, 6) is 0. The molecule has 18 heavy (non-hydrogen) atoms. The van der Waals surface area contributed by atoms with Crippen molar-refractivity contribution in [2.45, 2.75) is 26.1 Å². The highest BCUT2D eigenvalue weighted by molar-refractivity contribution is 5.65. The second-order valence-electron chi connectivity index (χ2n) is 4.76. The molecule has 1 aromatic carbocycles. The number of rotatable bonds is 2. The molecule has 0 amide bonds. The molecular weight excluding hydrogens is 226 g/mol. The molecule has 0 aromatic heterocycles. The van der Waals surface area contributed by atoms with E-state index >= 15 is 0 Å². The number of ether oxygens (including phenoxy) is 1. The molecule has 0 spiro atoms. The van der Waals surface area contributed by atoms with Crippen molar-refractivity contribution in [3.63, 3.8) is 0 Å². The summed E-state index contributed by atoms with van der Waals surface area (Å²) in [7, 11) is 1.86. The van der Waals surface area contributed by atoms with Gasteiger partial charge in [0.05, 0.1) is 23.5 Å². The molecule has 1 saturated heterocycles. The topological polar surface area (TPSA) is 48.3 Å². The largest absolute Gasteiger partial charge is 0.388 e. The van der Waals surface area contributed by atoms with Gasteiger partial charge in [-0.25, -0.2) is 0 Å². The standard InChI is InChI=1S/C14H19N3O/c1-10-8-17(9-11(2)18-10)14-5-4-13(16-3)6-12(14)7-15/h4-6,10-11,16H,8-9H2,1-3H3. The van der Waals surface area contributed by atoms with Gasteiger partial charge >= 0.3 is 0 Å². The van der Waals surface area contributed by atoms with Gasteiger partial charge in [-0.2, -0.15) is 5.26 Å². The Kier molecular flexibility index (Phi) is 3.73. The molecule has 2 rings (SSSR count). The number of benzene rings is 1. The molecule has 1 aromatic rings. The zero-order valence-corrected chi connectivity index (χ0v) is 11.1. The number of hydrogen-bond donors (Lipinski definition) is 1. The molecule has 0 saturated carbocycles. The molecule has 0 radical (unpaired) electrons. The molecule has 1 aliphatic heterocycles. The lowest BCUT2D eigenvalue weighted by molar-refractivity contribution is -0.00522. The van der Waals surface area contributed by atoms with Crippen molar-refractivity contribution in [2.75, 3.05) is 30.4 Å². The Labute approximate surface area is 108 Å². The van der Waals surface area contributed by atoms with Gasteiger partial charge in [-0.1, -0.05) is 0 Å². The van der Waals surface area contributed by atoms with Gasteiger partial charge in [0.15, 0.2) is 0 Å². The third kappa shape index (κ3) is 2.57. The van der Waals surface area contributed by atoms with E-state index in [1.807, 2.05) is 25.2 Å². The first kappa shape index (κ1) is 12.7. The van der Waals surface area contributed by atoms with Crippen LogP contribution in [0.2, 0.25) is 0 Å². The van der Waals surface area contributed by atoms with Crippen LogP contribution in [0.3, 0.4) is 0 Å². The number of nitrogens with one attached hydrogen (secondary N) is 1. The number of anilines is 2. The first-order chi connectivity index (χ1) is 8.63. The molecular formula is C14H19N3O. The fourth-order valence-corrected chi connectivity index (χ4v) is 2.43. The van der Waals surface area contributed by atoms with Gasteiger partial charge in [-0.15, -0.1) is 0 Å². The average Bonchev–Trinajstić information content (AvgIpc) is 2.36. The lowest BCUT2D eigenvalue weighted by atomic mass is 10.1. The molecule has 4 nitrogen and oxygen atoms in total. The van der Waals surface area contributed by atoms with Crippen molar-refractivity contribution in [2.24, 2.45) is 0 Å². The van der Waals surface area contributed by atoms with Crippen molar-refractivity contribution in [3.05, 3.63) is 23.8 Å². The van der Waals surface area contributed by atoms with Crippen LogP contribution in [-0.4, -0.2) is 32.3 Å². The second-order valence-corrected chi connectivity index (χ2v) is 4.76. The summed E-state index contributed by atoms with van der Waals surface area (Å²) in [5, 5.41) is 12.3. The number of hydrogen-bond acceptors (Lipinski definition) is 4. The van der Waals surface area contributed by atoms with E-state index in [2.05, 4.69) is 30.1 Å². The fourth-order valence-electron chi connectivity index (χ4n) is 2.43. The van der Waals surface area contributed by atoms with Crippen LogP contribution in [-0.2, 0) is 4.74 Å². The van der Waals surface area contributed by atoms with Crippen LogP contribution < -0.4 is 10.2 Å². The minimum Gasteiger partial charge on any atom is -0.388 e. The minimum absolute atomic E-state index is 0.198. The Morgan fingerprint density at radius 2 is 2.00 bits per heavy atom. The van der Waals surface area contributed by atoms with Crippen molar-refractivity contribution < 1.29 is 4.74 Å². The molecule has 0 aliphatic carbocycles. The first-order valence-electron chi connectivity index (χ1n) is 6.26. The van der Waals surface area contributed by atoms with Crippen LogP contribution >= 0.6 is 0 Å². The van der Waals surface area contributed by atoms with E-state index in [0.717, 1.165) is 24.5 Å². The van der Waals surface area contributed by atoms with Gasteiger partial charge in [-0.3, -0.25) is 0 Å². The highest BCUT2D eigenvalue weighted by Gasteiger charge is 2.23. The van der Waals surface area contributed by atoms with Crippen LogP contribution in [0, 0.1) is 11.3 Å². The summed E-state index contributed by atoms with van der Waals surface area (Å²) in [4.78, 5) is 2.23. The number of morpholine rings is 1. The van der Waals surface area contributed by atoms with Gasteiger partial charge < -0.3 is 15.0 Å². The maximum atomic E-state index is 9.27. The lowest BCUT2D eigenvalue weighted by Gasteiger charge is -2.37. The number of nitriles is 1. The average molecular weight is 245 g/mol. The smallest absolute Gasteiger partial charge is 0.101 e. The fraction of sp³-hybridized carbons (Fsp3) is 0.500. The Morgan fingerprint density at radius 3 is 2.56 bits per heavy atom. The minimum atomic E-state index is 0.198. The van der Waals surface area contributed by atoms with E-state index in [4.69, 9.17) is 4.74 Å². The van der Waals surface area contributed by atoms with Gasteiger partial charge in [0.2, 0.25) is 0 Å². The summed E-state index contributed by atoms with van der Waals surface area (Å²) in [6, 6.07) is 8.17. The van der Waals surface area contributed by atoms with E-state index in [9.17, 15) is 5.26 Å². The van der Waals surface area contributed by atoms with Crippen LogP contribution in [0.5, 0.6) is 0 Å². The van der Waals surface area contributed by atoms with Gasteiger partial charge in [-0.05, 0) is 32.0 Å². The monoisotopic (exact) mass is 245 g/mol. The highest BCUT2D eigenvalue weighted by atomic mass is 16.5. The summed E-state index contributed by atoms with van der Waals surface area (Å²) >= 11 is 0. The summed E-state index contributed by atoms with van der Waals surface area (Å²) in [6.07, 6.45) is 0.397. The summed E-state index contributed by atoms with van der Waals surface area (Å²) in [6.45, 7) is 5.79. The molecule has 96 valence electrons. The third-order valence-electron chi connectivity index (χ3n) is 3.17. The quantitative estimate of drug-likeness (QED) is 0.868. The summed E-state index contributed by atoms with van der Waals surface area (Å²) < 4.78 is 5.72. The van der Waals surface area contributed by atoms with Crippen molar-refractivity contribution >= 4 is 11.4 Å². The van der Waals surface area contributed by atoms with Gasteiger partial charge in [0, 0.05) is 25.8 Å². The van der Waals surface area contributed by atoms with Crippen LogP contribution in [0.15, 0.2) is 18.2 Å². The van der Waals surface area contributed by atoms with Crippen molar-refractivity contribution in [3.8, 4) is 6.07 Å². The summed E-state index contributed by atoms with van der Waals surface area (Å²) in [5.41, 5.74) is 2.67. The molecule has 1 heterocycles. The first-order valence-corrected chi connectivity index (χ1v) is 6.26. The highest BCUT2D eigenvalue weighted by Crippen LogP contribution is 2.26. The molecule has 1 N–H and O–H groups in total. The Balaban J connectivity index is 2.30. The van der Waals surface area contributed by atoms with E-state index in [1.165, 1.54) is 0 Å². The van der Waals surface area contributed by atoms with Crippen molar-refractivity contribution in [1.29, 1.82) is 5.26 Å². The molecule has 2 atom stereocenters. The molecule has 4 heteroatoms. The molecule has 1 fully saturated rings. The third-order valence-corrected chi connectivity index (χ3v) is 3.17. The van der Waals surface area contributed by atoms with E-state index < -0.39 is 0 Å². The Bertz CT molecular complexity index is 457. The Hall–Kier alpha value is -1.73. The van der Waals surface area contributed by atoms with Crippen LogP contribution in [0.1, 0.15) is 19.4 Å². The maximum Gasteiger partial charge on any atom is 0.101 e. The van der Waals surface area contributed by atoms with Crippen LogP contribution in [0.25, 0.3) is 0 Å². The maximum absolute atomic E-state index is 9.27. The molecule has 1 aliphatic rings. The van der Waals surface area contributed by atoms with E-state index in [0.29, 0.717) is 5.56 Å².